The number of oxazole rings is 1. The zero-order valence-corrected chi connectivity index (χ0v) is 9.71. The van der Waals surface area contributed by atoms with Crippen molar-refractivity contribution in [2.75, 3.05) is 5.73 Å². The fourth-order valence-corrected chi connectivity index (χ4v) is 2.07. The van der Waals surface area contributed by atoms with Gasteiger partial charge in [0, 0.05) is 23.9 Å². The van der Waals surface area contributed by atoms with E-state index in [4.69, 9.17) is 10.2 Å². The third kappa shape index (κ3) is 1.48. The third-order valence-corrected chi connectivity index (χ3v) is 3.20. The van der Waals surface area contributed by atoms with Gasteiger partial charge < -0.3 is 10.2 Å². The van der Waals surface area contributed by atoms with Crippen molar-refractivity contribution in [3.8, 4) is 6.01 Å². The van der Waals surface area contributed by atoms with Crippen molar-refractivity contribution in [2.45, 2.75) is 18.8 Å². The molecule has 2 heterocycles. The van der Waals surface area contributed by atoms with Gasteiger partial charge in [-0.3, -0.25) is 0 Å². The van der Waals surface area contributed by atoms with Crippen LogP contribution in [0.3, 0.4) is 0 Å². The first-order valence-corrected chi connectivity index (χ1v) is 6.01. The fraction of sp³-hybridized carbons (Fsp3) is 0.231. The Kier molecular flexibility index (Phi) is 1.81. The van der Waals surface area contributed by atoms with Crippen LogP contribution in [0.5, 0.6) is 0 Å². The molecule has 1 aliphatic rings. The van der Waals surface area contributed by atoms with Crippen LogP contribution >= 0.6 is 0 Å². The Morgan fingerprint density at radius 2 is 2.17 bits per heavy atom. The Morgan fingerprint density at radius 1 is 1.28 bits per heavy atom. The minimum Gasteiger partial charge on any atom is -0.422 e. The molecule has 1 saturated carbocycles. The summed E-state index contributed by atoms with van der Waals surface area (Å²) in [4.78, 5) is 4.40. The maximum absolute atomic E-state index is 5.71. The molecule has 18 heavy (non-hydrogen) atoms. The van der Waals surface area contributed by atoms with Gasteiger partial charge >= 0.3 is 6.01 Å². The quantitative estimate of drug-likeness (QED) is 0.698. The monoisotopic (exact) mass is 240 g/mol. The van der Waals surface area contributed by atoms with Crippen LogP contribution in [0.4, 0.5) is 5.69 Å². The van der Waals surface area contributed by atoms with Crippen LogP contribution in [0.2, 0.25) is 0 Å². The highest BCUT2D eigenvalue weighted by atomic mass is 16.4. The molecule has 0 aliphatic heterocycles. The minimum absolute atomic E-state index is 0.488. The van der Waals surface area contributed by atoms with E-state index in [9.17, 15) is 0 Å². The summed E-state index contributed by atoms with van der Waals surface area (Å²) in [6.07, 6.45) is 4.37. The Morgan fingerprint density at radius 3 is 3.00 bits per heavy atom. The highest BCUT2D eigenvalue weighted by Crippen LogP contribution is 2.39. The standard InChI is InChI=1S/C13H12N4O/c14-9-3-4-11-12(7-9)18-13(15-11)17-6-5-10(16-17)8-1-2-8/h3-8H,1-2,14H2. The van der Waals surface area contributed by atoms with Crippen LogP contribution in [0.1, 0.15) is 24.5 Å². The molecule has 5 heteroatoms. The molecule has 0 atom stereocenters. The van der Waals surface area contributed by atoms with E-state index in [2.05, 4.69) is 10.1 Å². The number of anilines is 1. The lowest BCUT2D eigenvalue weighted by Gasteiger charge is -1.92. The largest absolute Gasteiger partial charge is 0.422 e. The van der Waals surface area contributed by atoms with Crippen LogP contribution < -0.4 is 5.73 Å². The van der Waals surface area contributed by atoms with Crippen molar-refractivity contribution in [2.24, 2.45) is 0 Å². The minimum atomic E-state index is 0.488. The molecule has 90 valence electrons. The number of nitrogens with two attached hydrogens (primary N) is 1. The highest BCUT2D eigenvalue weighted by molar-refractivity contribution is 5.77. The number of rotatable bonds is 2. The van der Waals surface area contributed by atoms with Crippen LogP contribution in [-0.2, 0) is 0 Å². The van der Waals surface area contributed by atoms with Crippen molar-refractivity contribution in [1.82, 2.24) is 14.8 Å². The smallest absolute Gasteiger partial charge is 0.323 e. The van der Waals surface area contributed by atoms with Crippen LogP contribution in [0.15, 0.2) is 34.9 Å². The first-order chi connectivity index (χ1) is 8.79. The molecular weight excluding hydrogens is 228 g/mol. The van der Waals surface area contributed by atoms with Gasteiger partial charge in [-0.1, -0.05) is 0 Å². The summed E-state index contributed by atoms with van der Waals surface area (Å²) < 4.78 is 7.34. The van der Waals surface area contributed by atoms with E-state index in [1.54, 1.807) is 10.7 Å². The number of nitrogen functional groups attached to an aromatic ring is 1. The summed E-state index contributed by atoms with van der Waals surface area (Å²) >= 11 is 0. The second-order valence-corrected chi connectivity index (χ2v) is 4.68. The van der Waals surface area contributed by atoms with Gasteiger partial charge in [0.25, 0.3) is 0 Å². The average molecular weight is 240 g/mol. The molecular formula is C13H12N4O. The van der Waals surface area contributed by atoms with E-state index in [1.165, 1.54) is 12.8 Å². The molecule has 0 spiro atoms. The van der Waals surface area contributed by atoms with E-state index < -0.39 is 0 Å². The first-order valence-electron chi connectivity index (χ1n) is 6.01. The van der Waals surface area contributed by atoms with E-state index in [0.717, 1.165) is 11.2 Å². The van der Waals surface area contributed by atoms with Crippen molar-refractivity contribution in [3.05, 3.63) is 36.2 Å². The Bertz CT molecular complexity index is 724. The van der Waals surface area contributed by atoms with Gasteiger partial charge in [0.2, 0.25) is 0 Å². The molecule has 0 radical (unpaired) electrons. The number of fused-ring (bicyclic) bond motifs is 1. The molecule has 1 aromatic carbocycles. The zero-order chi connectivity index (χ0) is 12.1. The van der Waals surface area contributed by atoms with Crippen LogP contribution in [0, 0.1) is 0 Å². The molecule has 3 aromatic rings. The first kappa shape index (κ1) is 9.70. The molecule has 1 fully saturated rings. The predicted molar refractivity (Wildman–Crippen MR) is 67.5 cm³/mol. The second-order valence-electron chi connectivity index (χ2n) is 4.68. The van der Waals surface area contributed by atoms with E-state index in [1.807, 2.05) is 24.4 Å². The molecule has 2 N–H and O–H groups in total. The molecule has 5 nitrogen and oxygen atoms in total. The summed E-state index contributed by atoms with van der Waals surface area (Å²) in [5, 5.41) is 4.49. The second kappa shape index (κ2) is 3.35. The van der Waals surface area contributed by atoms with Crippen molar-refractivity contribution >= 4 is 16.8 Å². The Hall–Kier alpha value is -2.30. The van der Waals surface area contributed by atoms with E-state index in [-0.39, 0.29) is 0 Å². The maximum atomic E-state index is 5.71. The Labute approximate surface area is 103 Å². The van der Waals surface area contributed by atoms with Crippen molar-refractivity contribution < 1.29 is 4.42 Å². The summed E-state index contributed by atoms with van der Waals surface area (Å²) in [5.74, 6) is 0.631. The number of hydrogen-bond donors (Lipinski definition) is 1. The fourth-order valence-electron chi connectivity index (χ4n) is 2.07. The van der Waals surface area contributed by atoms with Gasteiger partial charge in [-0.05, 0) is 31.0 Å². The summed E-state index contributed by atoms with van der Waals surface area (Å²) in [6.45, 7) is 0. The third-order valence-electron chi connectivity index (χ3n) is 3.20. The number of nitrogens with zero attached hydrogens (tertiary/aromatic N) is 3. The SMILES string of the molecule is Nc1ccc2nc(-n3ccc(C4CC4)n3)oc2c1. The normalized spacial score (nSPS) is 15.3. The van der Waals surface area contributed by atoms with Gasteiger partial charge in [0.1, 0.15) is 5.52 Å². The van der Waals surface area contributed by atoms with Crippen LogP contribution in [0.25, 0.3) is 17.1 Å². The zero-order valence-electron chi connectivity index (χ0n) is 9.71. The van der Waals surface area contributed by atoms with Gasteiger partial charge in [-0.15, -0.1) is 0 Å². The molecule has 1 aliphatic carbocycles. The molecule has 2 aromatic heterocycles. The highest BCUT2D eigenvalue weighted by Gasteiger charge is 2.26. The predicted octanol–water partition coefficient (Wildman–Crippen LogP) is 2.47. The topological polar surface area (TPSA) is 69.9 Å². The van der Waals surface area contributed by atoms with Crippen LogP contribution in [-0.4, -0.2) is 14.8 Å². The lowest BCUT2D eigenvalue weighted by atomic mass is 10.3. The number of hydrogen-bond acceptors (Lipinski definition) is 4. The summed E-state index contributed by atoms with van der Waals surface area (Å²) in [5.41, 5.74) is 8.99. The Balaban J connectivity index is 1.80. The van der Waals surface area contributed by atoms with Crippen molar-refractivity contribution in [1.29, 1.82) is 0 Å². The van der Waals surface area contributed by atoms with E-state index in [0.29, 0.717) is 23.2 Å². The van der Waals surface area contributed by atoms with Gasteiger partial charge in [-0.2, -0.15) is 14.8 Å². The molecule has 0 bridgehead atoms. The van der Waals surface area contributed by atoms with E-state index >= 15 is 0 Å². The molecule has 0 amide bonds. The maximum Gasteiger partial charge on any atom is 0.323 e. The number of aromatic nitrogens is 3. The van der Waals surface area contributed by atoms with Gasteiger partial charge in [-0.25, -0.2) is 0 Å². The summed E-state index contributed by atoms with van der Waals surface area (Å²) in [6, 6.07) is 7.96. The molecule has 0 unspecified atom stereocenters. The lowest BCUT2D eigenvalue weighted by molar-refractivity contribution is 0.541. The number of benzene rings is 1. The lowest BCUT2D eigenvalue weighted by Crippen LogP contribution is -1.95. The van der Waals surface area contributed by atoms with Crippen molar-refractivity contribution in [3.63, 3.8) is 0 Å². The average Bonchev–Trinajstić information content (AvgIpc) is 2.95. The van der Waals surface area contributed by atoms with Gasteiger partial charge in [0.15, 0.2) is 5.58 Å². The summed E-state index contributed by atoms with van der Waals surface area (Å²) in [7, 11) is 0. The molecule has 4 rings (SSSR count). The molecule has 0 saturated heterocycles. The van der Waals surface area contributed by atoms with Gasteiger partial charge in [0.05, 0.1) is 5.69 Å².